The van der Waals surface area contributed by atoms with Crippen LogP contribution in [0, 0.1) is 0 Å². The Balaban J connectivity index is 3.22. The first-order valence-corrected chi connectivity index (χ1v) is 6.08. The number of esters is 1. The molecule has 0 saturated heterocycles. The fourth-order valence-electron chi connectivity index (χ4n) is 1.68. The first-order chi connectivity index (χ1) is 9.04. The van der Waals surface area contributed by atoms with Crippen LogP contribution in [0.25, 0.3) is 0 Å². The maximum absolute atomic E-state index is 12.2. The van der Waals surface area contributed by atoms with Crippen molar-refractivity contribution in [2.45, 2.75) is 38.3 Å². The lowest BCUT2D eigenvalue weighted by molar-refractivity contribution is -0.165. The van der Waals surface area contributed by atoms with Gasteiger partial charge >= 0.3 is 11.9 Å². The summed E-state index contributed by atoms with van der Waals surface area (Å²) in [5.41, 5.74) is 3.52. The Morgan fingerprint density at radius 3 is 2.35 bits per heavy atom. The number of carbonyl (C=O) groups is 2. The van der Waals surface area contributed by atoms with Gasteiger partial charge in [-0.1, -0.05) is 12.1 Å². The molecule has 0 aliphatic heterocycles. The summed E-state index contributed by atoms with van der Waals surface area (Å²) in [5, 5.41) is 18.4. The molecule has 0 amide bonds. The molecule has 6 nitrogen and oxygen atoms in total. The number of carboxylic acid groups (broad SMARTS) is 1. The molecule has 1 aromatic rings. The minimum atomic E-state index is -1.85. The minimum Gasteiger partial charge on any atom is -0.508 e. The number of aromatic hydroxyl groups is 1. The molecule has 1 unspecified atom stereocenters. The largest absolute Gasteiger partial charge is 0.508 e. The summed E-state index contributed by atoms with van der Waals surface area (Å²) in [6.07, 6.45) is -0.634. The molecule has 0 fully saturated rings. The molecule has 110 valence electrons. The lowest BCUT2D eigenvalue weighted by Gasteiger charge is -2.30. The SMILES string of the molecule is CC(C)(C)OC(=O)C(N)(CC(=O)O)c1cccc(O)c1. The number of aliphatic carboxylic acids is 1. The van der Waals surface area contributed by atoms with Crippen LogP contribution in [0.3, 0.4) is 0 Å². The lowest BCUT2D eigenvalue weighted by Crippen LogP contribution is -2.49. The molecular weight excluding hydrogens is 262 g/mol. The molecule has 0 spiro atoms. The Labute approximate surface area is 117 Å². The first kappa shape index (κ1) is 16.0. The molecular formula is C14H19NO5. The van der Waals surface area contributed by atoms with Crippen molar-refractivity contribution >= 4 is 11.9 Å². The van der Waals surface area contributed by atoms with Crippen molar-refractivity contribution in [3.05, 3.63) is 29.8 Å². The van der Waals surface area contributed by atoms with E-state index in [9.17, 15) is 14.7 Å². The number of hydrogen-bond donors (Lipinski definition) is 3. The average molecular weight is 281 g/mol. The molecule has 0 heterocycles. The maximum Gasteiger partial charge on any atom is 0.331 e. The van der Waals surface area contributed by atoms with E-state index >= 15 is 0 Å². The third-order valence-electron chi connectivity index (χ3n) is 2.55. The van der Waals surface area contributed by atoms with Gasteiger partial charge in [0.25, 0.3) is 0 Å². The van der Waals surface area contributed by atoms with E-state index in [-0.39, 0.29) is 11.3 Å². The zero-order chi connectivity index (χ0) is 15.6. The van der Waals surface area contributed by atoms with Crippen LogP contribution in [0.1, 0.15) is 32.8 Å². The van der Waals surface area contributed by atoms with Crippen molar-refractivity contribution in [1.29, 1.82) is 0 Å². The number of nitrogens with two attached hydrogens (primary N) is 1. The van der Waals surface area contributed by atoms with Gasteiger partial charge in [0.05, 0.1) is 6.42 Å². The second kappa shape index (κ2) is 5.50. The van der Waals surface area contributed by atoms with Gasteiger partial charge < -0.3 is 20.7 Å². The molecule has 0 aliphatic carbocycles. The predicted octanol–water partition coefficient (Wildman–Crippen LogP) is 1.36. The topological polar surface area (TPSA) is 110 Å². The van der Waals surface area contributed by atoms with Gasteiger partial charge in [-0.2, -0.15) is 0 Å². The van der Waals surface area contributed by atoms with E-state index in [0.29, 0.717) is 0 Å². The highest BCUT2D eigenvalue weighted by Crippen LogP contribution is 2.28. The summed E-state index contributed by atoms with van der Waals surface area (Å²) in [4.78, 5) is 23.2. The van der Waals surface area contributed by atoms with Crippen molar-refractivity contribution in [3.8, 4) is 5.75 Å². The number of ether oxygens (including phenoxy) is 1. The van der Waals surface area contributed by atoms with Crippen LogP contribution in [0.4, 0.5) is 0 Å². The van der Waals surface area contributed by atoms with E-state index in [1.54, 1.807) is 20.8 Å². The fraction of sp³-hybridized carbons (Fsp3) is 0.429. The van der Waals surface area contributed by atoms with Gasteiger partial charge in [0, 0.05) is 0 Å². The van der Waals surface area contributed by atoms with Crippen LogP contribution in [-0.2, 0) is 19.9 Å². The first-order valence-electron chi connectivity index (χ1n) is 6.08. The molecule has 0 bridgehead atoms. The highest BCUT2D eigenvalue weighted by Gasteiger charge is 2.42. The van der Waals surface area contributed by atoms with Crippen LogP contribution < -0.4 is 5.73 Å². The molecule has 0 radical (unpaired) electrons. The number of carbonyl (C=O) groups excluding carboxylic acids is 1. The quantitative estimate of drug-likeness (QED) is 0.719. The monoisotopic (exact) mass is 281 g/mol. The highest BCUT2D eigenvalue weighted by atomic mass is 16.6. The number of phenols is 1. The lowest BCUT2D eigenvalue weighted by atomic mass is 9.87. The molecule has 0 aromatic heterocycles. The summed E-state index contributed by atoms with van der Waals surface area (Å²) in [6, 6.07) is 5.62. The number of hydrogen-bond acceptors (Lipinski definition) is 5. The number of carboxylic acids is 1. The van der Waals surface area contributed by atoms with Gasteiger partial charge in [0.15, 0.2) is 5.54 Å². The van der Waals surface area contributed by atoms with Gasteiger partial charge in [-0.05, 0) is 38.5 Å². The minimum absolute atomic E-state index is 0.105. The third-order valence-corrected chi connectivity index (χ3v) is 2.55. The summed E-state index contributed by atoms with van der Waals surface area (Å²) in [5.74, 6) is -2.19. The van der Waals surface area contributed by atoms with E-state index < -0.39 is 29.5 Å². The number of rotatable bonds is 4. The van der Waals surface area contributed by atoms with Crippen LogP contribution in [0.5, 0.6) is 5.75 Å². The summed E-state index contributed by atoms with van der Waals surface area (Å²) >= 11 is 0. The molecule has 6 heteroatoms. The zero-order valence-corrected chi connectivity index (χ0v) is 11.7. The van der Waals surface area contributed by atoms with E-state index in [2.05, 4.69) is 0 Å². The van der Waals surface area contributed by atoms with Gasteiger partial charge in [-0.15, -0.1) is 0 Å². The average Bonchev–Trinajstić information content (AvgIpc) is 2.25. The molecule has 4 N–H and O–H groups in total. The molecule has 0 saturated carbocycles. The summed E-state index contributed by atoms with van der Waals surface area (Å²) in [6.45, 7) is 4.98. The second-order valence-electron chi connectivity index (χ2n) is 5.59. The van der Waals surface area contributed by atoms with Gasteiger partial charge in [-0.3, -0.25) is 4.79 Å². The molecule has 1 aromatic carbocycles. The van der Waals surface area contributed by atoms with Crippen molar-refractivity contribution in [1.82, 2.24) is 0 Å². The van der Waals surface area contributed by atoms with E-state index in [4.69, 9.17) is 15.6 Å². The van der Waals surface area contributed by atoms with Crippen molar-refractivity contribution in [2.24, 2.45) is 5.73 Å². The molecule has 0 aliphatic rings. The summed E-state index contributed by atoms with van der Waals surface area (Å²) in [7, 11) is 0. The van der Waals surface area contributed by atoms with Gasteiger partial charge in [0.1, 0.15) is 11.4 Å². The molecule has 20 heavy (non-hydrogen) atoms. The standard InChI is InChI=1S/C14H19NO5/c1-13(2,3)20-12(19)14(15,8-11(17)18)9-5-4-6-10(16)7-9/h4-7,16H,8,15H2,1-3H3,(H,17,18). The van der Waals surface area contributed by atoms with Crippen LogP contribution in [0.15, 0.2) is 24.3 Å². The Bertz CT molecular complexity index is 521. The maximum atomic E-state index is 12.2. The van der Waals surface area contributed by atoms with E-state index in [1.807, 2.05) is 0 Å². The smallest absolute Gasteiger partial charge is 0.331 e. The van der Waals surface area contributed by atoms with E-state index in [1.165, 1.54) is 24.3 Å². The van der Waals surface area contributed by atoms with Crippen LogP contribution in [0.2, 0.25) is 0 Å². The molecule has 1 atom stereocenters. The Morgan fingerprint density at radius 2 is 1.90 bits per heavy atom. The normalized spacial score (nSPS) is 14.4. The highest BCUT2D eigenvalue weighted by molar-refractivity contribution is 5.88. The predicted molar refractivity (Wildman–Crippen MR) is 72.1 cm³/mol. The number of benzene rings is 1. The second-order valence-corrected chi connectivity index (χ2v) is 5.59. The van der Waals surface area contributed by atoms with Crippen molar-refractivity contribution in [3.63, 3.8) is 0 Å². The third kappa shape index (κ3) is 3.96. The molecule has 1 rings (SSSR count). The number of phenolic OH excluding ortho intramolecular Hbond substituents is 1. The zero-order valence-electron chi connectivity index (χ0n) is 11.7. The van der Waals surface area contributed by atoms with Gasteiger partial charge in [-0.25, -0.2) is 4.79 Å². The Hall–Kier alpha value is -2.08. The Morgan fingerprint density at radius 1 is 1.30 bits per heavy atom. The van der Waals surface area contributed by atoms with Gasteiger partial charge in [0.2, 0.25) is 0 Å². The van der Waals surface area contributed by atoms with Crippen LogP contribution >= 0.6 is 0 Å². The fourth-order valence-corrected chi connectivity index (χ4v) is 1.68. The van der Waals surface area contributed by atoms with Crippen LogP contribution in [-0.4, -0.2) is 27.8 Å². The summed E-state index contributed by atoms with van der Waals surface area (Å²) < 4.78 is 5.19. The van der Waals surface area contributed by atoms with Crippen molar-refractivity contribution < 1.29 is 24.5 Å². The van der Waals surface area contributed by atoms with E-state index in [0.717, 1.165) is 0 Å². The van der Waals surface area contributed by atoms with Crippen molar-refractivity contribution in [2.75, 3.05) is 0 Å². The Kier molecular flexibility index (Phi) is 4.39.